The summed E-state index contributed by atoms with van der Waals surface area (Å²) in [5, 5.41) is 6.52. The maximum atomic E-state index is 13.1. The third-order valence-electron chi connectivity index (χ3n) is 5.91. The van der Waals surface area contributed by atoms with Gasteiger partial charge in [-0.1, -0.05) is 11.8 Å². The lowest BCUT2D eigenvalue weighted by Crippen LogP contribution is -2.43. The molecule has 0 atom stereocenters. The lowest BCUT2D eigenvalue weighted by molar-refractivity contribution is -0.189. The molecule has 0 bridgehead atoms. The van der Waals surface area contributed by atoms with E-state index in [0.29, 0.717) is 42.6 Å². The van der Waals surface area contributed by atoms with Crippen LogP contribution in [0.5, 0.6) is 5.75 Å². The molecule has 0 aliphatic carbocycles. The summed E-state index contributed by atoms with van der Waals surface area (Å²) in [6, 6.07) is 9.28. The standard InChI is InChI=1S/C24H29F3N4O4S/c1-33-11-9-31(10-12-34-2)17-13-19(35-23(32)24(25,26)27)22-21(15-17)36-20-14-16(3-4-18(20)29-22)30-7-5-28-6-8-30/h3-4,13-15,28-29H,5-12H2,1-2H3. The summed E-state index contributed by atoms with van der Waals surface area (Å²) in [7, 11) is 3.15. The number of carbonyl (C=O) groups is 1. The number of methoxy groups -OCH3 is 2. The molecule has 8 nitrogen and oxygen atoms in total. The number of hydrogen-bond acceptors (Lipinski definition) is 9. The molecule has 2 N–H and O–H groups in total. The second-order valence-corrected chi connectivity index (χ2v) is 9.41. The van der Waals surface area contributed by atoms with E-state index in [1.807, 2.05) is 23.1 Å². The van der Waals surface area contributed by atoms with Crippen molar-refractivity contribution in [2.45, 2.75) is 16.0 Å². The van der Waals surface area contributed by atoms with Gasteiger partial charge in [0.05, 0.1) is 24.6 Å². The number of nitrogens with one attached hydrogen (secondary N) is 2. The lowest BCUT2D eigenvalue weighted by atomic mass is 10.2. The number of halogens is 3. The number of fused-ring (bicyclic) bond motifs is 2. The first-order valence-corrected chi connectivity index (χ1v) is 12.4. The summed E-state index contributed by atoms with van der Waals surface area (Å²) in [5.41, 5.74) is 2.74. The Morgan fingerprint density at radius 3 is 2.39 bits per heavy atom. The SMILES string of the molecule is COCCN(CCOC)c1cc(OC(=O)C(F)(F)F)c2c(c1)Sc1cc(N3CCNCC3)ccc1N2. The van der Waals surface area contributed by atoms with E-state index in [2.05, 4.69) is 21.6 Å². The zero-order valence-corrected chi connectivity index (χ0v) is 20.9. The quantitative estimate of drug-likeness (QED) is 0.319. The van der Waals surface area contributed by atoms with Gasteiger partial charge in [-0.3, -0.25) is 0 Å². The minimum absolute atomic E-state index is 0.186. The molecule has 2 aromatic carbocycles. The number of anilines is 4. The number of carbonyl (C=O) groups excluding carboxylic acids is 1. The van der Waals surface area contributed by atoms with Gasteiger partial charge in [-0.25, -0.2) is 4.79 Å². The van der Waals surface area contributed by atoms with Crippen LogP contribution in [0, 0.1) is 0 Å². The number of ether oxygens (including phenoxy) is 3. The summed E-state index contributed by atoms with van der Waals surface area (Å²) >= 11 is 1.42. The monoisotopic (exact) mass is 526 g/mol. The second kappa shape index (κ2) is 11.6. The first-order valence-electron chi connectivity index (χ1n) is 11.5. The van der Waals surface area contributed by atoms with Crippen LogP contribution >= 0.6 is 11.8 Å². The summed E-state index contributed by atoms with van der Waals surface area (Å²) in [4.78, 5) is 17.6. The van der Waals surface area contributed by atoms with E-state index in [4.69, 9.17) is 14.2 Å². The molecule has 2 aliphatic rings. The first kappa shape index (κ1) is 26.4. The maximum Gasteiger partial charge on any atom is 0.491 e. The topological polar surface area (TPSA) is 75.3 Å². The fraction of sp³-hybridized carbons (Fsp3) is 0.458. The van der Waals surface area contributed by atoms with Gasteiger partial charge < -0.3 is 34.6 Å². The Morgan fingerprint density at radius 1 is 1.06 bits per heavy atom. The molecule has 36 heavy (non-hydrogen) atoms. The van der Waals surface area contributed by atoms with Gasteiger partial charge in [0, 0.05) is 80.7 Å². The smallest absolute Gasteiger partial charge is 0.418 e. The molecule has 0 radical (unpaired) electrons. The van der Waals surface area contributed by atoms with Crippen LogP contribution in [-0.2, 0) is 14.3 Å². The highest BCUT2D eigenvalue weighted by Crippen LogP contribution is 2.51. The zero-order valence-electron chi connectivity index (χ0n) is 20.1. The molecular formula is C24H29F3N4O4S. The molecule has 2 aliphatic heterocycles. The van der Waals surface area contributed by atoms with Crippen molar-refractivity contribution in [2.24, 2.45) is 0 Å². The van der Waals surface area contributed by atoms with Crippen LogP contribution in [0.15, 0.2) is 40.1 Å². The Labute approximate surface area is 212 Å². The Kier molecular flexibility index (Phi) is 8.50. The van der Waals surface area contributed by atoms with Crippen molar-refractivity contribution in [3.63, 3.8) is 0 Å². The molecule has 196 valence electrons. The largest absolute Gasteiger partial charge is 0.491 e. The van der Waals surface area contributed by atoms with Crippen molar-refractivity contribution in [1.82, 2.24) is 5.32 Å². The molecule has 1 fully saturated rings. The number of hydrogen-bond donors (Lipinski definition) is 2. The molecule has 0 spiro atoms. The third kappa shape index (κ3) is 6.17. The van der Waals surface area contributed by atoms with Crippen molar-refractivity contribution < 1.29 is 32.2 Å². The summed E-state index contributed by atoms with van der Waals surface area (Å²) < 4.78 is 54.5. The van der Waals surface area contributed by atoms with Crippen molar-refractivity contribution in [1.29, 1.82) is 0 Å². The Hall–Kier alpha value is -2.67. The van der Waals surface area contributed by atoms with Crippen molar-refractivity contribution in [3.05, 3.63) is 30.3 Å². The fourth-order valence-corrected chi connectivity index (χ4v) is 5.12. The average Bonchev–Trinajstić information content (AvgIpc) is 2.87. The minimum atomic E-state index is -5.12. The van der Waals surface area contributed by atoms with Gasteiger partial charge in [-0.2, -0.15) is 13.2 Å². The number of piperazine rings is 1. The van der Waals surface area contributed by atoms with Gasteiger partial charge in [-0.05, 0) is 24.3 Å². The molecule has 4 rings (SSSR count). The number of benzene rings is 2. The Balaban J connectivity index is 1.70. The van der Waals surface area contributed by atoms with Crippen LogP contribution in [0.3, 0.4) is 0 Å². The molecule has 0 unspecified atom stereocenters. The van der Waals surface area contributed by atoms with Gasteiger partial charge in [-0.15, -0.1) is 0 Å². The summed E-state index contributed by atoms with van der Waals surface area (Å²) in [6.45, 7) is 5.36. The van der Waals surface area contributed by atoms with Gasteiger partial charge in [0.25, 0.3) is 0 Å². The van der Waals surface area contributed by atoms with E-state index in [1.165, 1.54) is 17.8 Å². The predicted molar refractivity (Wildman–Crippen MR) is 133 cm³/mol. The predicted octanol–water partition coefficient (Wildman–Crippen LogP) is 3.87. The summed E-state index contributed by atoms with van der Waals surface area (Å²) in [5.74, 6) is -2.46. The van der Waals surface area contributed by atoms with Gasteiger partial charge in [0.1, 0.15) is 0 Å². The normalized spacial score (nSPS) is 15.1. The Bertz CT molecular complexity index is 1070. The molecule has 12 heteroatoms. The van der Waals surface area contributed by atoms with E-state index in [9.17, 15) is 18.0 Å². The summed E-state index contributed by atoms with van der Waals surface area (Å²) in [6.07, 6.45) is -5.12. The van der Waals surface area contributed by atoms with Crippen LogP contribution in [0.4, 0.5) is 35.9 Å². The first-order chi connectivity index (χ1) is 17.3. The number of nitrogens with zero attached hydrogens (tertiary/aromatic N) is 2. The van der Waals surface area contributed by atoms with Crippen LogP contribution in [0.25, 0.3) is 0 Å². The average molecular weight is 527 g/mol. The molecule has 2 heterocycles. The highest BCUT2D eigenvalue weighted by Gasteiger charge is 2.42. The van der Waals surface area contributed by atoms with Crippen LogP contribution < -0.4 is 25.2 Å². The lowest BCUT2D eigenvalue weighted by Gasteiger charge is -2.31. The number of rotatable bonds is 9. The van der Waals surface area contributed by atoms with Gasteiger partial charge in [0.15, 0.2) is 5.75 Å². The Morgan fingerprint density at radius 2 is 1.75 bits per heavy atom. The fourth-order valence-electron chi connectivity index (χ4n) is 4.05. The van der Waals surface area contributed by atoms with E-state index in [1.54, 1.807) is 14.2 Å². The molecule has 0 saturated carbocycles. The second-order valence-electron chi connectivity index (χ2n) is 8.32. The highest BCUT2D eigenvalue weighted by atomic mass is 32.2. The molecule has 2 aromatic rings. The van der Waals surface area contributed by atoms with Crippen LogP contribution in [0.2, 0.25) is 0 Å². The van der Waals surface area contributed by atoms with Crippen molar-refractivity contribution in [2.75, 3.05) is 81.8 Å². The van der Waals surface area contributed by atoms with Crippen LogP contribution in [0.1, 0.15) is 0 Å². The molecule has 0 amide bonds. The third-order valence-corrected chi connectivity index (χ3v) is 7.01. The van der Waals surface area contributed by atoms with E-state index in [-0.39, 0.29) is 5.75 Å². The van der Waals surface area contributed by atoms with E-state index < -0.39 is 12.1 Å². The zero-order chi connectivity index (χ0) is 25.7. The molecule has 0 aromatic heterocycles. The highest BCUT2D eigenvalue weighted by molar-refractivity contribution is 7.99. The van der Waals surface area contributed by atoms with Crippen molar-refractivity contribution >= 4 is 40.5 Å². The number of alkyl halides is 3. The van der Waals surface area contributed by atoms with E-state index >= 15 is 0 Å². The van der Waals surface area contributed by atoms with E-state index in [0.717, 1.165) is 42.4 Å². The number of esters is 1. The molecule has 1 saturated heterocycles. The van der Waals surface area contributed by atoms with Crippen molar-refractivity contribution in [3.8, 4) is 5.75 Å². The van der Waals surface area contributed by atoms with Gasteiger partial charge in [0.2, 0.25) is 0 Å². The van der Waals surface area contributed by atoms with Crippen LogP contribution in [-0.4, -0.2) is 78.8 Å². The maximum absolute atomic E-state index is 13.1. The van der Waals surface area contributed by atoms with Gasteiger partial charge >= 0.3 is 12.1 Å². The minimum Gasteiger partial charge on any atom is -0.418 e. The molecular weight excluding hydrogens is 497 g/mol.